The van der Waals surface area contributed by atoms with Crippen molar-refractivity contribution in [2.24, 2.45) is 0 Å². The molecule has 1 saturated heterocycles. The number of para-hydroxylation sites is 2. The van der Waals surface area contributed by atoms with Gasteiger partial charge in [0, 0.05) is 71.2 Å². The minimum Gasteiger partial charge on any atom is -0.456 e. The maximum atomic E-state index is 9.51. The lowest BCUT2D eigenvalue weighted by Gasteiger charge is -2.40. The quantitative estimate of drug-likeness (QED) is 0.119. The third-order valence-corrected chi connectivity index (χ3v) is 25.6. The van der Waals surface area contributed by atoms with Crippen LogP contribution in [0.3, 0.4) is 0 Å². The molecule has 2 aliphatic carbocycles. The number of rotatable bonds is 10. The first-order valence-electron chi connectivity index (χ1n) is 42.0. The van der Waals surface area contributed by atoms with Crippen molar-refractivity contribution in [2.75, 3.05) is 0 Å². The SMILES string of the molecule is Brc1ccc(-c2nc(-c3ccccc3)nc(-c3ccccc3)n2)cc1.CC1(C)OB(c2ccc3c(c2)C2(c4ccccc4-c4ccccc42)c2cccc(-c4ccc(C#N)cc4)c2O3)OC1(C)C.N#Cc1ccc(-c2cccc3c2Oc2ccc(-c4ccc(-c5nc(-c6ccccc6)nc(-c6ccccc6)n5)cc4)cc2C32c3ccccc3-c3ccccc32)cc1. The molecule has 2 aromatic heterocycles. The topological polar surface area (TPSA) is 162 Å². The van der Waals surface area contributed by atoms with Gasteiger partial charge in [-0.3, -0.25) is 0 Å². The van der Waals surface area contributed by atoms with E-state index < -0.39 is 29.2 Å². The summed E-state index contributed by atoms with van der Waals surface area (Å²) in [4.78, 5) is 28.9. The molecule has 1 fully saturated rings. The molecule has 5 aliphatic rings. The van der Waals surface area contributed by atoms with Crippen LogP contribution in [0.25, 0.3) is 124 Å². The first-order chi connectivity index (χ1) is 61.7. The number of halogens is 1. The molecule has 0 unspecified atom stereocenters. The van der Waals surface area contributed by atoms with E-state index in [2.05, 4.69) is 255 Å². The number of fused-ring (bicyclic) bond motifs is 18. The fourth-order valence-electron chi connectivity index (χ4n) is 18.4. The van der Waals surface area contributed by atoms with Gasteiger partial charge in [-0.1, -0.05) is 350 Å². The summed E-state index contributed by atoms with van der Waals surface area (Å²) in [6, 6.07) is 137. The van der Waals surface area contributed by atoms with Crippen LogP contribution >= 0.6 is 15.9 Å². The van der Waals surface area contributed by atoms with Crippen molar-refractivity contribution in [1.29, 1.82) is 10.5 Å². The molecule has 0 radical (unpaired) electrons. The second-order valence-electron chi connectivity index (χ2n) is 32.8. The summed E-state index contributed by atoms with van der Waals surface area (Å²) in [5, 5.41) is 18.9. The molecule has 12 nitrogen and oxygen atoms in total. The molecule has 2 spiro atoms. The van der Waals surface area contributed by atoms with Crippen molar-refractivity contribution >= 4 is 28.5 Å². The van der Waals surface area contributed by atoms with Crippen LogP contribution in [0.2, 0.25) is 0 Å². The number of hydrogen-bond acceptors (Lipinski definition) is 12. The van der Waals surface area contributed by atoms with Crippen LogP contribution in [0.5, 0.6) is 23.0 Å². The highest BCUT2D eigenvalue weighted by molar-refractivity contribution is 9.10. The largest absolute Gasteiger partial charge is 0.494 e. The zero-order valence-electron chi connectivity index (χ0n) is 69.1. The van der Waals surface area contributed by atoms with E-state index in [1.54, 1.807) is 0 Å². The van der Waals surface area contributed by atoms with Crippen LogP contribution in [-0.2, 0) is 20.1 Å². The monoisotopic (exact) mass is 1690 g/mol. The summed E-state index contributed by atoms with van der Waals surface area (Å²) in [7, 11) is -0.495. The van der Waals surface area contributed by atoms with Gasteiger partial charge >= 0.3 is 7.12 Å². The number of ether oxygens (including phenoxy) is 2. The van der Waals surface area contributed by atoms with E-state index in [-0.39, 0.29) is 0 Å². The first kappa shape index (κ1) is 77.9. The van der Waals surface area contributed by atoms with Gasteiger partial charge in [0.25, 0.3) is 0 Å². The summed E-state index contributed by atoms with van der Waals surface area (Å²) < 4.78 is 27.9. The molecule has 18 aromatic rings. The molecule has 14 heteroatoms. The average molecular weight is 1690 g/mol. The molecular formula is C112H76BBrN8O4. The molecule has 126 heavy (non-hydrogen) atoms. The molecule has 16 aromatic carbocycles. The van der Waals surface area contributed by atoms with Crippen LogP contribution in [0.15, 0.2) is 393 Å². The first-order valence-corrected chi connectivity index (χ1v) is 42.8. The summed E-state index contributed by atoms with van der Waals surface area (Å²) in [6.45, 7) is 8.33. The Bertz CT molecular complexity index is 7150. The third-order valence-electron chi connectivity index (χ3n) is 25.1. The van der Waals surface area contributed by atoms with E-state index in [1.165, 1.54) is 44.5 Å². The Morgan fingerprint density at radius 3 is 0.889 bits per heavy atom. The van der Waals surface area contributed by atoms with E-state index >= 15 is 0 Å². The molecule has 0 bridgehead atoms. The Morgan fingerprint density at radius 1 is 0.254 bits per heavy atom. The highest BCUT2D eigenvalue weighted by Crippen LogP contribution is 2.66. The zero-order valence-corrected chi connectivity index (χ0v) is 70.7. The molecule has 0 atom stereocenters. The van der Waals surface area contributed by atoms with Gasteiger partial charge in [0.1, 0.15) is 23.0 Å². The van der Waals surface area contributed by atoms with Gasteiger partial charge in [0.15, 0.2) is 34.9 Å². The highest BCUT2D eigenvalue weighted by atomic mass is 79.9. The van der Waals surface area contributed by atoms with Gasteiger partial charge in [-0.05, 0) is 155 Å². The number of hydrogen-bond donors (Lipinski definition) is 0. The van der Waals surface area contributed by atoms with Gasteiger partial charge in [0.2, 0.25) is 0 Å². The van der Waals surface area contributed by atoms with E-state index in [1.807, 2.05) is 194 Å². The van der Waals surface area contributed by atoms with Crippen molar-refractivity contribution in [3.63, 3.8) is 0 Å². The fraction of sp³-hybridized carbons (Fsp3) is 0.0714. The van der Waals surface area contributed by atoms with Crippen molar-refractivity contribution in [3.05, 3.63) is 448 Å². The van der Waals surface area contributed by atoms with Gasteiger partial charge in [-0.2, -0.15) is 10.5 Å². The van der Waals surface area contributed by atoms with Crippen molar-refractivity contribution in [3.8, 4) is 159 Å². The Kier molecular flexibility index (Phi) is 19.7. The van der Waals surface area contributed by atoms with E-state index in [0.717, 1.165) is 122 Å². The Morgan fingerprint density at radius 2 is 0.532 bits per heavy atom. The Labute approximate surface area is 739 Å². The van der Waals surface area contributed by atoms with Crippen LogP contribution < -0.4 is 14.9 Å². The Hall–Kier alpha value is -15.4. The molecule has 5 heterocycles. The minimum atomic E-state index is -0.638. The van der Waals surface area contributed by atoms with Crippen LogP contribution in [0, 0.1) is 22.7 Å². The van der Waals surface area contributed by atoms with Crippen LogP contribution in [-0.4, -0.2) is 48.2 Å². The number of nitriles is 2. The fourth-order valence-corrected chi connectivity index (χ4v) is 18.6. The highest BCUT2D eigenvalue weighted by Gasteiger charge is 2.56. The van der Waals surface area contributed by atoms with Crippen LogP contribution in [0.1, 0.15) is 83.3 Å². The molecule has 23 rings (SSSR count). The molecule has 3 aliphatic heterocycles. The lowest BCUT2D eigenvalue weighted by molar-refractivity contribution is 0.00578. The second-order valence-corrected chi connectivity index (χ2v) is 33.8. The van der Waals surface area contributed by atoms with Gasteiger partial charge in [-0.15, -0.1) is 0 Å². The zero-order chi connectivity index (χ0) is 85.3. The van der Waals surface area contributed by atoms with Crippen LogP contribution in [0.4, 0.5) is 0 Å². The summed E-state index contributed by atoms with van der Waals surface area (Å²) >= 11 is 3.47. The van der Waals surface area contributed by atoms with Gasteiger partial charge in [0.05, 0.1) is 45.3 Å². The van der Waals surface area contributed by atoms with Crippen molar-refractivity contribution in [1.82, 2.24) is 29.9 Å². The standard InChI is InChI=1S/C53H32N4O.C38H30BNO3.C21H14BrN3/c54-33-34-22-24-36(25-23-34)41-18-11-21-46-49(41)58-48-31-30-40(32-47(48)53(46)44-19-9-7-16-42(44)43-17-8-10-20-45(43)53)35-26-28-39(29-27-35)52-56-50(37-12-3-1-4-13-37)55-51(57-52)38-14-5-2-6-15-38;1-36(2)37(3,4)43-39(42-36)26-20-21-34-33(22-26)38(30-13-7-5-10-28(30)29-11-6-8-14-31(29)38)32-15-9-12-27(35(32)41-34)25-18-16-24(23-40)17-19-25;22-18-13-11-17(12-14-18)21-24-19(15-7-3-1-4-8-15)23-20(25-21)16-9-5-2-6-10-16/h1-32H;5-22H,1-4H3;1-14H. The smallest absolute Gasteiger partial charge is 0.456 e. The lowest BCUT2D eigenvalue weighted by atomic mass is 9.64. The second kappa shape index (κ2) is 31.8. The molecule has 0 N–H and O–H groups in total. The maximum Gasteiger partial charge on any atom is 0.494 e. The predicted octanol–water partition coefficient (Wildman–Crippen LogP) is 26.2. The summed E-state index contributed by atoms with van der Waals surface area (Å²) in [5.74, 6) is 7.17. The van der Waals surface area contributed by atoms with Gasteiger partial charge < -0.3 is 18.8 Å². The number of aromatic nitrogens is 6. The maximum absolute atomic E-state index is 9.51. The van der Waals surface area contributed by atoms with E-state index in [4.69, 9.17) is 43.7 Å². The minimum absolute atomic E-state index is 0.448. The normalized spacial score (nSPS) is 14.0. The predicted molar refractivity (Wildman–Crippen MR) is 503 cm³/mol. The third kappa shape index (κ3) is 13.5. The lowest BCUT2D eigenvalue weighted by Crippen LogP contribution is -2.41. The van der Waals surface area contributed by atoms with E-state index in [9.17, 15) is 10.5 Å². The van der Waals surface area contributed by atoms with Gasteiger partial charge in [-0.25, -0.2) is 29.9 Å². The van der Waals surface area contributed by atoms with Crippen molar-refractivity contribution < 1.29 is 18.8 Å². The molecule has 0 amide bonds. The van der Waals surface area contributed by atoms with E-state index in [0.29, 0.717) is 46.1 Å². The molecule has 598 valence electrons. The summed E-state index contributed by atoms with van der Waals surface area (Å²) in [5.41, 5.74) is 26.0. The number of benzene rings is 16. The molecular weight excluding hydrogens is 1610 g/mol. The van der Waals surface area contributed by atoms with Crippen molar-refractivity contribution in [2.45, 2.75) is 49.7 Å². The average Bonchev–Trinajstić information content (AvgIpc) is 1.50. The summed E-state index contributed by atoms with van der Waals surface area (Å²) in [6.07, 6.45) is 0. The Balaban J connectivity index is 0.000000125. The molecule has 0 saturated carbocycles. The number of nitrogens with zero attached hydrogens (tertiary/aromatic N) is 8.